The van der Waals surface area contributed by atoms with Gasteiger partial charge in [-0.3, -0.25) is 13.9 Å². The molecule has 260 valence electrons. The Hall–Kier alpha value is -2.44. The van der Waals surface area contributed by atoms with E-state index in [1.165, 1.54) is 101 Å². The van der Waals surface area contributed by atoms with Crippen LogP contribution in [0.15, 0.2) is 36.4 Å². The summed E-state index contributed by atoms with van der Waals surface area (Å²) in [6.07, 6.45) is 27.4. The lowest BCUT2D eigenvalue weighted by Gasteiger charge is -2.56. The highest BCUT2D eigenvalue weighted by atomic mass is 32.3. The first-order valence-electron chi connectivity index (χ1n) is 17.1. The van der Waals surface area contributed by atoms with E-state index in [0.717, 1.165) is 25.8 Å². The number of phenols is 1. The Labute approximate surface area is 275 Å². The van der Waals surface area contributed by atoms with Crippen LogP contribution >= 0.6 is 0 Å². The number of amides is 1. The van der Waals surface area contributed by atoms with Gasteiger partial charge in [0.05, 0.1) is 0 Å². The molecule has 1 aromatic rings. The van der Waals surface area contributed by atoms with Crippen molar-refractivity contribution >= 4 is 16.3 Å². The van der Waals surface area contributed by atoms with Crippen molar-refractivity contribution in [2.45, 2.75) is 133 Å². The fraction of sp³-hybridized carbons (Fsp3) is 0.686. The van der Waals surface area contributed by atoms with Gasteiger partial charge in [-0.25, -0.2) is 0 Å². The van der Waals surface area contributed by atoms with Gasteiger partial charge in [-0.1, -0.05) is 108 Å². The summed E-state index contributed by atoms with van der Waals surface area (Å²) in [4.78, 5) is 12.9. The highest BCUT2D eigenvalue weighted by Crippen LogP contribution is 2.62. The molecule has 11 heteroatoms. The average molecular weight is 665 g/mol. The van der Waals surface area contributed by atoms with Gasteiger partial charge in [-0.2, -0.15) is 8.42 Å². The van der Waals surface area contributed by atoms with E-state index < -0.39 is 16.5 Å². The first-order valence-corrected chi connectivity index (χ1v) is 18.5. The van der Waals surface area contributed by atoms with Gasteiger partial charge >= 0.3 is 10.4 Å². The predicted molar refractivity (Wildman–Crippen MR) is 180 cm³/mol. The number of benzene rings is 1. The minimum atomic E-state index is -4.67. The summed E-state index contributed by atoms with van der Waals surface area (Å²) >= 11 is 0. The minimum Gasteiger partial charge on any atom is -0.504 e. The second kappa shape index (κ2) is 18.2. The molecule has 1 fully saturated rings. The summed E-state index contributed by atoms with van der Waals surface area (Å²) in [5, 5.41) is 20.6. The van der Waals surface area contributed by atoms with E-state index in [-0.39, 0.29) is 23.2 Å². The molecule has 0 unspecified atom stereocenters. The lowest BCUT2D eigenvalue weighted by atomic mass is 9.53. The maximum absolute atomic E-state index is 10.5. The second-order valence-corrected chi connectivity index (χ2v) is 14.1. The number of piperidine rings is 1. The molecule has 2 aliphatic heterocycles. The summed E-state index contributed by atoms with van der Waals surface area (Å²) in [5.41, 5.74) is 7.31. The molecule has 2 heterocycles. The molecule has 4 aliphatic rings. The Balaban J connectivity index is 0.000000219. The van der Waals surface area contributed by atoms with Crippen LogP contribution < -0.4 is 10.5 Å². The number of hydrogen-bond donors (Lipinski definition) is 5. The molecule has 2 bridgehead atoms. The van der Waals surface area contributed by atoms with E-state index in [1.54, 1.807) is 6.07 Å². The zero-order chi connectivity index (χ0) is 33.7. The summed E-state index contributed by atoms with van der Waals surface area (Å²) in [5.74, 6) is 0.856. The van der Waals surface area contributed by atoms with E-state index in [0.29, 0.717) is 17.7 Å². The molecule has 0 saturated carbocycles. The molecule has 1 amide bonds. The van der Waals surface area contributed by atoms with Gasteiger partial charge in [0.25, 0.3) is 0 Å². The Kier molecular flexibility index (Phi) is 15.0. The monoisotopic (exact) mass is 664 g/mol. The number of carbonyl (C=O) groups is 1. The molecule has 5 rings (SSSR count). The largest absolute Gasteiger partial charge is 0.504 e. The van der Waals surface area contributed by atoms with E-state index in [1.807, 2.05) is 18.2 Å². The summed E-state index contributed by atoms with van der Waals surface area (Å²) in [6, 6.07) is 4.23. The number of likely N-dealkylation sites (N-methyl/N-ethyl adjacent to an activating group) is 1. The van der Waals surface area contributed by atoms with Gasteiger partial charge in [-0.05, 0) is 57.0 Å². The Morgan fingerprint density at radius 1 is 1.00 bits per heavy atom. The Morgan fingerprint density at radius 3 is 2.13 bits per heavy atom. The topological polar surface area (TPSA) is 171 Å². The van der Waals surface area contributed by atoms with Crippen LogP contribution in [-0.4, -0.2) is 70.4 Å². The standard InChI is InChI=1S/C18H35NO.C17H19NO3.H2O4S/c1-2-3-4-5-6-7-8-9-10-11-12-13-14-15-16-17-18(19)20;1-18-7-6-17-10-3-5-13(20)16(17)21-15-12(19)4-2-9(14(15)17)8-11(10)18;1-5(2,3)4/h16-17H,2-15H2,1H3,(H2,19,20);2-5,10-11,13,16,19-20H,6-8H2,1H3;(H2,1,2,3,4)/b17-16+;;/t;10-,11+,13-,16-,17-;/m.0./s1. The third kappa shape index (κ3) is 10.5. The van der Waals surface area contributed by atoms with Crippen LogP contribution in [0.1, 0.15) is 114 Å². The lowest BCUT2D eigenvalue weighted by molar-refractivity contribution is -0.113. The number of allylic oxidation sites excluding steroid dienone is 1. The highest BCUT2D eigenvalue weighted by molar-refractivity contribution is 7.79. The number of hydrogen-bond acceptors (Lipinski definition) is 7. The van der Waals surface area contributed by atoms with Gasteiger partial charge in [0.2, 0.25) is 5.91 Å². The lowest BCUT2D eigenvalue weighted by Crippen LogP contribution is -2.64. The van der Waals surface area contributed by atoms with E-state index in [9.17, 15) is 15.0 Å². The van der Waals surface area contributed by atoms with Crippen molar-refractivity contribution in [1.29, 1.82) is 0 Å². The first kappa shape index (κ1) is 38.0. The summed E-state index contributed by atoms with van der Waals surface area (Å²) < 4.78 is 37.7. The number of primary amides is 1. The van der Waals surface area contributed by atoms with Gasteiger partial charge < -0.3 is 25.6 Å². The third-order valence-corrected chi connectivity index (χ3v) is 9.91. The molecule has 10 nitrogen and oxygen atoms in total. The van der Waals surface area contributed by atoms with Gasteiger partial charge in [0, 0.05) is 22.9 Å². The van der Waals surface area contributed by atoms with E-state index in [4.69, 9.17) is 28.0 Å². The summed E-state index contributed by atoms with van der Waals surface area (Å²) in [6.45, 7) is 3.28. The zero-order valence-electron chi connectivity index (χ0n) is 27.6. The number of nitrogens with zero attached hydrogens (tertiary/aromatic N) is 1. The number of aromatic hydroxyl groups is 1. The summed E-state index contributed by atoms with van der Waals surface area (Å²) in [7, 11) is -2.48. The van der Waals surface area contributed by atoms with E-state index >= 15 is 0 Å². The van der Waals surface area contributed by atoms with Crippen LogP contribution in [0, 0.1) is 5.92 Å². The fourth-order valence-corrected chi connectivity index (χ4v) is 7.72. The molecule has 2 aliphatic carbocycles. The van der Waals surface area contributed by atoms with Crippen molar-refractivity contribution in [2.24, 2.45) is 11.7 Å². The van der Waals surface area contributed by atoms with Crippen molar-refractivity contribution in [3.8, 4) is 11.5 Å². The molecule has 0 aromatic heterocycles. The molecule has 0 radical (unpaired) electrons. The molecule has 6 N–H and O–H groups in total. The first-order chi connectivity index (χ1) is 21.9. The van der Waals surface area contributed by atoms with Gasteiger partial charge in [0.1, 0.15) is 12.2 Å². The fourth-order valence-electron chi connectivity index (χ4n) is 7.72. The second-order valence-electron chi connectivity index (χ2n) is 13.2. The molecule has 46 heavy (non-hydrogen) atoms. The zero-order valence-corrected chi connectivity index (χ0v) is 28.5. The van der Waals surface area contributed by atoms with Crippen LogP contribution in [0.5, 0.6) is 11.5 Å². The minimum absolute atomic E-state index is 0.160. The number of likely N-dealkylation sites (tertiary alicyclic amines) is 1. The Bertz CT molecular complexity index is 1280. The van der Waals surface area contributed by atoms with Gasteiger partial charge in [0.15, 0.2) is 11.5 Å². The molecule has 5 atom stereocenters. The smallest absolute Gasteiger partial charge is 0.394 e. The highest BCUT2D eigenvalue weighted by Gasteiger charge is 2.64. The van der Waals surface area contributed by atoms with Gasteiger partial charge in [-0.15, -0.1) is 0 Å². The maximum Gasteiger partial charge on any atom is 0.394 e. The SMILES string of the molecule is CCCCCCCCCCCCCCC/C=C/C(N)=O.CN1CC[C@]23c4c5ccc(O)c4O[C@H]2[C@@H](O)C=C[C@H]3[C@H]1C5.O=S(=O)(O)O. The Morgan fingerprint density at radius 2 is 1.57 bits per heavy atom. The molecule has 1 spiro atoms. The van der Waals surface area contributed by atoms with Crippen LogP contribution in [-0.2, 0) is 27.0 Å². The number of rotatable bonds is 15. The number of nitrogens with two attached hydrogens (primary N) is 1. The number of aliphatic hydroxyl groups is 1. The number of aliphatic hydroxyl groups excluding tert-OH is 1. The number of carbonyl (C=O) groups excluding carboxylic acids is 1. The van der Waals surface area contributed by atoms with Crippen LogP contribution in [0.2, 0.25) is 0 Å². The molecular formula is C35H56N2O8S. The van der Waals surface area contributed by atoms with Crippen molar-refractivity contribution in [3.05, 3.63) is 47.6 Å². The van der Waals surface area contributed by atoms with Crippen molar-refractivity contribution in [3.63, 3.8) is 0 Å². The van der Waals surface area contributed by atoms with Crippen molar-refractivity contribution in [1.82, 2.24) is 4.90 Å². The molecule has 1 saturated heterocycles. The normalized spacial score (nSPS) is 25.6. The van der Waals surface area contributed by atoms with Crippen LogP contribution in [0.25, 0.3) is 0 Å². The van der Waals surface area contributed by atoms with Crippen molar-refractivity contribution in [2.75, 3.05) is 13.6 Å². The van der Waals surface area contributed by atoms with Crippen molar-refractivity contribution < 1.29 is 37.3 Å². The predicted octanol–water partition coefficient (Wildman–Crippen LogP) is 6.05. The third-order valence-electron chi connectivity index (χ3n) is 9.91. The molecule has 1 aromatic carbocycles. The molecular weight excluding hydrogens is 608 g/mol. The van der Waals surface area contributed by atoms with E-state index in [2.05, 4.69) is 24.9 Å². The number of ether oxygens (including phenoxy) is 1. The van der Waals surface area contributed by atoms with Crippen LogP contribution in [0.4, 0.5) is 0 Å². The number of unbranched alkanes of at least 4 members (excludes halogenated alkanes) is 13. The average Bonchev–Trinajstić information content (AvgIpc) is 3.35. The number of phenolic OH excluding ortho intramolecular Hbond substituents is 1. The quantitative estimate of drug-likeness (QED) is 0.0648. The maximum atomic E-state index is 10.5. The van der Waals surface area contributed by atoms with Crippen LogP contribution in [0.3, 0.4) is 0 Å².